The Morgan fingerprint density at radius 1 is 0.967 bits per heavy atom. The molecular formula is C23H21BrN6. The first kappa shape index (κ1) is 20.0. The Morgan fingerprint density at radius 3 is 2.47 bits per heavy atom. The van der Waals surface area contributed by atoms with Crippen molar-refractivity contribution in [2.24, 2.45) is 15.3 Å². The number of para-hydroxylation sites is 2. The molecule has 0 atom stereocenters. The van der Waals surface area contributed by atoms with Crippen LogP contribution in [0.3, 0.4) is 0 Å². The monoisotopic (exact) mass is 460 g/mol. The average Bonchev–Trinajstić information content (AvgIpc) is 3.13. The second-order valence-corrected chi connectivity index (χ2v) is 7.59. The Hall–Kier alpha value is -3.32. The largest absolute Gasteiger partial charge is 0.303 e. The van der Waals surface area contributed by atoms with Gasteiger partial charge in [-0.25, -0.2) is 4.98 Å². The minimum atomic E-state index is 0.560. The van der Waals surface area contributed by atoms with Crippen molar-refractivity contribution in [3.63, 3.8) is 0 Å². The Balaban J connectivity index is 1.61. The van der Waals surface area contributed by atoms with Crippen molar-refractivity contribution in [1.82, 2.24) is 9.55 Å². The second kappa shape index (κ2) is 9.45. The maximum Gasteiger partial charge on any atom is 0.250 e. The molecule has 0 aliphatic heterocycles. The number of rotatable bonds is 6. The quantitative estimate of drug-likeness (QED) is 0.149. The number of anilines is 1. The molecule has 0 aliphatic carbocycles. The van der Waals surface area contributed by atoms with Crippen LogP contribution in [0, 0.1) is 0 Å². The summed E-state index contributed by atoms with van der Waals surface area (Å²) in [5.41, 5.74) is 7.01. The van der Waals surface area contributed by atoms with E-state index >= 15 is 0 Å². The van der Waals surface area contributed by atoms with Crippen LogP contribution in [-0.4, -0.2) is 15.4 Å². The van der Waals surface area contributed by atoms with E-state index in [9.17, 15) is 0 Å². The maximum absolute atomic E-state index is 4.67. The zero-order chi connectivity index (χ0) is 20.8. The summed E-state index contributed by atoms with van der Waals surface area (Å²) < 4.78 is 3.09. The van der Waals surface area contributed by atoms with Gasteiger partial charge in [0, 0.05) is 10.9 Å². The van der Waals surface area contributed by atoms with E-state index in [4.69, 9.17) is 0 Å². The van der Waals surface area contributed by atoms with Crippen LogP contribution in [0.5, 0.6) is 0 Å². The van der Waals surface area contributed by atoms with Gasteiger partial charge in [-0.1, -0.05) is 65.3 Å². The van der Waals surface area contributed by atoms with Gasteiger partial charge in [0.25, 0.3) is 5.95 Å². The van der Waals surface area contributed by atoms with Gasteiger partial charge >= 0.3 is 0 Å². The molecule has 0 spiro atoms. The predicted molar refractivity (Wildman–Crippen MR) is 125 cm³/mol. The summed E-state index contributed by atoms with van der Waals surface area (Å²) in [5, 5.41) is 13.2. The Morgan fingerprint density at radius 2 is 1.70 bits per heavy atom. The minimum absolute atomic E-state index is 0.560. The van der Waals surface area contributed by atoms with Gasteiger partial charge in [-0.05, 0) is 42.0 Å². The molecule has 6 nitrogen and oxygen atoms in total. The van der Waals surface area contributed by atoms with E-state index in [0.717, 1.165) is 21.2 Å². The summed E-state index contributed by atoms with van der Waals surface area (Å²) in [5.74, 6) is 1.15. The third-order valence-electron chi connectivity index (χ3n) is 4.55. The number of azo groups is 1. The van der Waals surface area contributed by atoms with Gasteiger partial charge in [0.1, 0.15) is 0 Å². The number of fused-ring (bicyclic) bond motifs is 1. The van der Waals surface area contributed by atoms with Crippen molar-refractivity contribution in [2.75, 3.05) is 5.43 Å². The van der Waals surface area contributed by atoms with Crippen molar-refractivity contribution < 1.29 is 0 Å². The van der Waals surface area contributed by atoms with E-state index in [-0.39, 0.29) is 0 Å². The number of aromatic nitrogens is 2. The van der Waals surface area contributed by atoms with E-state index in [1.165, 1.54) is 5.56 Å². The van der Waals surface area contributed by atoms with Crippen molar-refractivity contribution in [3.8, 4) is 0 Å². The molecule has 0 aliphatic rings. The molecule has 1 aromatic heterocycles. The number of nitrogens with zero attached hydrogens (tertiary/aromatic N) is 5. The van der Waals surface area contributed by atoms with Gasteiger partial charge in [0.2, 0.25) is 0 Å². The van der Waals surface area contributed by atoms with Crippen LogP contribution >= 0.6 is 15.9 Å². The van der Waals surface area contributed by atoms with Crippen molar-refractivity contribution in [1.29, 1.82) is 0 Å². The van der Waals surface area contributed by atoms with Crippen molar-refractivity contribution in [2.45, 2.75) is 19.9 Å². The van der Waals surface area contributed by atoms with E-state index in [0.29, 0.717) is 24.7 Å². The van der Waals surface area contributed by atoms with E-state index in [2.05, 4.69) is 58.4 Å². The minimum Gasteiger partial charge on any atom is -0.303 e. The van der Waals surface area contributed by atoms with Gasteiger partial charge in [-0.15, -0.1) is 10.2 Å². The topological polar surface area (TPSA) is 66.9 Å². The van der Waals surface area contributed by atoms with Crippen LogP contribution in [0.4, 0.5) is 11.6 Å². The molecule has 1 N–H and O–H groups in total. The first-order valence-corrected chi connectivity index (χ1v) is 10.5. The fourth-order valence-corrected chi connectivity index (χ4v) is 3.25. The van der Waals surface area contributed by atoms with Gasteiger partial charge in [-0.2, -0.15) is 5.10 Å². The molecular weight excluding hydrogens is 440 g/mol. The molecule has 0 fully saturated rings. The number of hydrogen-bond acceptors (Lipinski definition) is 4. The maximum atomic E-state index is 4.67. The van der Waals surface area contributed by atoms with Crippen LogP contribution in [0.25, 0.3) is 11.0 Å². The highest BCUT2D eigenvalue weighted by Crippen LogP contribution is 2.23. The van der Waals surface area contributed by atoms with Crippen LogP contribution in [-0.2, 0) is 6.54 Å². The molecule has 7 heteroatoms. The number of amidine groups is 1. The molecule has 0 saturated carbocycles. The number of hydrazone groups is 1. The number of imidazole rings is 1. The standard InChI is InChI=1S/C23H21BrN6/c1-2-22(27-26-19-14-12-18(24)13-15-19)28-29-23-25-20-10-6-7-11-21(20)30(23)16-17-8-4-3-5-9-17/h3-15,26H,2,16H2,1H3/b27-22-,29-28?. The third kappa shape index (κ3) is 4.80. The average molecular weight is 461 g/mol. The van der Waals surface area contributed by atoms with Gasteiger partial charge in [-0.3, -0.25) is 5.43 Å². The van der Waals surface area contributed by atoms with Crippen molar-refractivity contribution in [3.05, 3.63) is 88.9 Å². The molecule has 0 radical (unpaired) electrons. The third-order valence-corrected chi connectivity index (χ3v) is 5.08. The Bertz CT molecular complexity index is 1180. The van der Waals surface area contributed by atoms with E-state index < -0.39 is 0 Å². The first-order valence-electron chi connectivity index (χ1n) is 9.72. The molecule has 0 bridgehead atoms. The summed E-state index contributed by atoms with van der Waals surface area (Å²) in [6.45, 7) is 2.67. The number of benzene rings is 3. The summed E-state index contributed by atoms with van der Waals surface area (Å²) >= 11 is 3.43. The smallest absolute Gasteiger partial charge is 0.250 e. The summed E-state index contributed by atoms with van der Waals surface area (Å²) in [6, 6.07) is 26.1. The van der Waals surface area contributed by atoms with Crippen LogP contribution < -0.4 is 5.43 Å². The van der Waals surface area contributed by atoms with Crippen LogP contribution in [0.1, 0.15) is 18.9 Å². The summed E-state index contributed by atoms with van der Waals surface area (Å²) in [4.78, 5) is 4.67. The fourth-order valence-electron chi connectivity index (χ4n) is 2.99. The van der Waals surface area contributed by atoms with Gasteiger partial charge < -0.3 is 4.57 Å². The number of nitrogens with one attached hydrogen (secondary N) is 1. The highest BCUT2D eigenvalue weighted by molar-refractivity contribution is 9.10. The Labute approximate surface area is 183 Å². The van der Waals surface area contributed by atoms with Crippen LogP contribution in [0.15, 0.2) is 98.7 Å². The lowest BCUT2D eigenvalue weighted by molar-refractivity contribution is 0.817. The molecule has 3 aromatic carbocycles. The van der Waals surface area contributed by atoms with E-state index in [1.54, 1.807) is 0 Å². The highest BCUT2D eigenvalue weighted by atomic mass is 79.9. The lowest BCUT2D eigenvalue weighted by Gasteiger charge is -2.06. The summed E-state index contributed by atoms with van der Waals surface area (Å²) in [7, 11) is 0. The van der Waals surface area contributed by atoms with Gasteiger partial charge in [0.05, 0.1) is 23.3 Å². The fraction of sp³-hybridized carbons (Fsp3) is 0.130. The molecule has 0 amide bonds. The lowest BCUT2D eigenvalue weighted by atomic mass is 10.2. The molecule has 4 aromatic rings. The van der Waals surface area contributed by atoms with Gasteiger partial charge in [0.15, 0.2) is 5.84 Å². The SMILES string of the molecule is CC/C(N=Nc1nc2ccccc2n1Cc1ccccc1)=N/Nc1ccc(Br)cc1. The predicted octanol–water partition coefficient (Wildman–Crippen LogP) is 6.77. The number of halogens is 1. The normalized spacial score (nSPS) is 12.0. The molecule has 150 valence electrons. The Kier molecular flexibility index (Phi) is 6.29. The van der Waals surface area contributed by atoms with E-state index in [1.807, 2.05) is 73.7 Å². The molecule has 0 unspecified atom stereocenters. The highest BCUT2D eigenvalue weighted by Gasteiger charge is 2.10. The number of hydrogen-bond donors (Lipinski definition) is 1. The van der Waals surface area contributed by atoms with Crippen LogP contribution in [0.2, 0.25) is 0 Å². The molecule has 4 rings (SSSR count). The van der Waals surface area contributed by atoms with Crippen molar-refractivity contribution >= 4 is 44.4 Å². The lowest BCUT2D eigenvalue weighted by Crippen LogP contribution is -2.00. The zero-order valence-corrected chi connectivity index (χ0v) is 18.1. The second-order valence-electron chi connectivity index (χ2n) is 6.67. The molecule has 0 saturated heterocycles. The first-order chi connectivity index (χ1) is 14.7. The summed E-state index contributed by atoms with van der Waals surface area (Å²) in [6.07, 6.45) is 0.645. The molecule has 1 heterocycles. The molecule has 30 heavy (non-hydrogen) atoms. The zero-order valence-electron chi connectivity index (χ0n) is 16.5.